The molecular weight excluding hydrogens is 346 g/mol. The van der Waals surface area contributed by atoms with Crippen molar-refractivity contribution in [1.82, 2.24) is 15.1 Å². The smallest absolute Gasteiger partial charge is 0.120 e. The summed E-state index contributed by atoms with van der Waals surface area (Å²) in [5, 5.41) is 7.87. The molecule has 0 fully saturated rings. The second-order valence-electron chi connectivity index (χ2n) is 7.48. The fourth-order valence-corrected chi connectivity index (χ4v) is 4.10. The molecule has 0 radical (unpaired) electrons. The molecule has 3 aromatic rings. The molecule has 4 nitrogen and oxygen atoms in total. The highest BCUT2D eigenvalue weighted by atomic mass is 16.5. The molecule has 0 bridgehead atoms. The second-order valence-corrected chi connectivity index (χ2v) is 7.48. The Morgan fingerprint density at radius 3 is 2.64 bits per heavy atom. The summed E-state index contributed by atoms with van der Waals surface area (Å²) in [5.74, 6) is 0.915. The van der Waals surface area contributed by atoms with E-state index in [4.69, 9.17) is 4.74 Å². The van der Waals surface area contributed by atoms with Gasteiger partial charge in [-0.2, -0.15) is 5.10 Å². The largest absolute Gasteiger partial charge is 0.492 e. The van der Waals surface area contributed by atoms with Crippen LogP contribution in [-0.4, -0.2) is 41.3 Å². The number of benzene rings is 2. The third-order valence-corrected chi connectivity index (χ3v) is 5.38. The van der Waals surface area contributed by atoms with Crippen molar-refractivity contribution in [2.24, 2.45) is 0 Å². The quantitative estimate of drug-likeness (QED) is 0.440. The number of hydrogen-bond acceptors (Lipinski definition) is 3. The van der Waals surface area contributed by atoms with E-state index in [9.17, 15) is 0 Å². The second kappa shape index (κ2) is 8.61. The van der Waals surface area contributed by atoms with Crippen LogP contribution in [0.5, 0.6) is 5.75 Å². The van der Waals surface area contributed by atoms with Gasteiger partial charge in [0, 0.05) is 29.7 Å². The molecule has 0 saturated heterocycles. The minimum Gasteiger partial charge on any atom is -0.492 e. The van der Waals surface area contributed by atoms with Gasteiger partial charge in [-0.25, -0.2) is 0 Å². The van der Waals surface area contributed by atoms with Crippen LogP contribution in [0.1, 0.15) is 37.8 Å². The van der Waals surface area contributed by atoms with Gasteiger partial charge in [0.05, 0.1) is 11.4 Å². The van der Waals surface area contributed by atoms with E-state index >= 15 is 0 Å². The summed E-state index contributed by atoms with van der Waals surface area (Å²) in [6, 6.07) is 16.9. The minimum atomic E-state index is 0.716. The molecule has 1 N–H and O–H groups in total. The van der Waals surface area contributed by atoms with Crippen LogP contribution in [0.25, 0.3) is 22.5 Å². The van der Waals surface area contributed by atoms with E-state index < -0.39 is 0 Å². The van der Waals surface area contributed by atoms with Crippen LogP contribution >= 0.6 is 0 Å². The highest BCUT2D eigenvalue weighted by Gasteiger charge is 2.24. The van der Waals surface area contributed by atoms with Crippen molar-refractivity contribution in [3.8, 4) is 28.3 Å². The maximum absolute atomic E-state index is 6.07. The van der Waals surface area contributed by atoms with Gasteiger partial charge in [-0.05, 0) is 43.6 Å². The Kier molecular flexibility index (Phi) is 5.77. The zero-order chi connectivity index (χ0) is 19.3. The van der Waals surface area contributed by atoms with Gasteiger partial charge in [0.2, 0.25) is 0 Å². The summed E-state index contributed by atoms with van der Waals surface area (Å²) in [6.45, 7) is 8.42. The summed E-state index contributed by atoms with van der Waals surface area (Å²) in [7, 11) is 0. The van der Waals surface area contributed by atoms with E-state index in [0.29, 0.717) is 6.61 Å². The van der Waals surface area contributed by atoms with Gasteiger partial charge in [0.25, 0.3) is 0 Å². The predicted octanol–water partition coefficient (Wildman–Crippen LogP) is 5.15. The molecule has 0 spiro atoms. The van der Waals surface area contributed by atoms with E-state index in [1.807, 2.05) is 6.07 Å². The summed E-state index contributed by atoms with van der Waals surface area (Å²) in [5.41, 5.74) is 7.24. The number of aromatic amines is 1. The van der Waals surface area contributed by atoms with Crippen LogP contribution in [0.3, 0.4) is 0 Å². The number of ether oxygens (including phenoxy) is 1. The molecule has 1 heterocycles. The Hall–Kier alpha value is -2.59. The van der Waals surface area contributed by atoms with Gasteiger partial charge in [-0.15, -0.1) is 0 Å². The SMILES string of the molecule is CCCN(CCC)CCOc1cccc(-c2n[nH]c3c2Cc2ccccc2-3)c1. The van der Waals surface area contributed by atoms with E-state index in [0.717, 1.165) is 48.8 Å². The molecule has 0 amide bonds. The Balaban J connectivity index is 1.46. The minimum absolute atomic E-state index is 0.716. The summed E-state index contributed by atoms with van der Waals surface area (Å²) in [4.78, 5) is 2.47. The Labute approximate surface area is 167 Å². The number of fused-ring (bicyclic) bond motifs is 3. The number of H-pyrrole nitrogens is 1. The monoisotopic (exact) mass is 375 g/mol. The third-order valence-electron chi connectivity index (χ3n) is 5.38. The van der Waals surface area contributed by atoms with Crippen molar-refractivity contribution in [3.05, 3.63) is 59.7 Å². The maximum Gasteiger partial charge on any atom is 0.120 e. The number of rotatable bonds is 9. The van der Waals surface area contributed by atoms with Crippen LogP contribution in [0.4, 0.5) is 0 Å². The maximum atomic E-state index is 6.07. The summed E-state index contributed by atoms with van der Waals surface area (Å²) < 4.78 is 6.07. The Morgan fingerprint density at radius 1 is 1.00 bits per heavy atom. The first-order chi connectivity index (χ1) is 13.8. The van der Waals surface area contributed by atoms with Gasteiger partial charge in [-0.1, -0.05) is 50.2 Å². The van der Waals surface area contributed by atoms with E-state index in [-0.39, 0.29) is 0 Å². The van der Waals surface area contributed by atoms with Crippen molar-refractivity contribution >= 4 is 0 Å². The Bertz CT molecular complexity index is 925. The molecule has 0 unspecified atom stereocenters. The average molecular weight is 376 g/mol. The predicted molar refractivity (Wildman–Crippen MR) is 115 cm³/mol. The molecule has 2 aromatic carbocycles. The number of nitrogens with one attached hydrogen (secondary N) is 1. The lowest BCUT2D eigenvalue weighted by Gasteiger charge is -2.20. The zero-order valence-electron chi connectivity index (χ0n) is 16.9. The van der Waals surface area contributed by atoms with E-state index in [2.05, 4.69) is 71.4 Å². The number of hydrogen-bond donors (Lipinski definition) is 1. The van der Waals surface area contributed by atoms with Crippen molar-refractivity contribution in [1.29, 1.82) is 0 Å². The van der Waals surface area contributed by atoms with Gasteiger partial charge in [0.15, 0.2) is 0 Å². The molecule has 4 heteroatoms. The summed E-state index contributed by atoms with van der Waals surface area (Å²) >= 11 is 0. The molecule has 0 saturated carbocycles. The lowest BCUT2D eigenvalue weighted by Crippen LogP contribution is -2.30. The fraction of sp³-hybridized carbons (Fsp3) is 0.375. The van der Waals surface area contributed by atoms with Crippen LogP contribution < -0.4 is 4.74 Å². The van der Waals surface area contributed by atoms with Crippen molar-refractivity contribution in [2.45, 2.75) is 33.1 Å². The number of nitrogens with zero attached hydrogens (tertiary/aromatic N) is 2. The number of aromatic nitrogens is 2. The molecule has 0 aliphatic heterocycles. The van der Waals surface area contributed by atoms with Crippen LogP contribution in [-0.2, 0) is 6.42 Å². The molecular formula is C24H29N3O. The first-order valence-electron chi connectivity index (χ1n) is 10.4. The molecule has 1 aromatic heterocycles. The van der Waals surface area contributed by atoms with Crippen molar-refractivity contribution < 1.29 is 4.74 Å². The van der Waals surface area contributed by atoms with Gasteiger partial charge < -0.3 is 4.74 Å². The lowest BCUT2D eigenvalue weighted by atomic mass is 10.1. The third kappa shape index (κ3) is 3.83. The zero-order valence-corrected chi connectivity index (χ0v) is 16.9. The van der Waals surface area contributed by atoms with Crippen LogP contribution in [0.15, 0.2) is 48.5 Å². The fourth-order valence-electron chi connectivity index (χ4n) is 4.10. The molecule has 28 heavy (non-hydrogen) atoms. The van der Waals surface area contributed by atoms with Crippen molar-refractivity contribution in [2.75, 3.05) is 26.2 Å². The van der Waals surface area contributed by atoms with Crippen molar-refractivity contribution in [3.63, 3.8) is 0 Å². The lowest BCUT2D eigenvalue weighted by molar-refractivity contribution is 0.209. The first kappa shape index (κ1) is 18.8. The van der Waals surface area contributed by atoms with Gasteiger partial charge in [-0.3, -0.25) is 10.00 Å². The first-order valence-corrected chi connectivity index (χ1v) is 10.4. The van der Waals surface area contributed by atoms with Gasteiger partial charge >= 0.3 is 0 Å². The summed E-state index contributed by atoms with van der Waals surface area (Å²) in [6.07, 6.45) is 3.30. The average Bonchev–Trinajstić information content (AvgIpc) is 3.28. The van der Waals surface area contributed by atoms with E-state index in [1.54, 1.807) is 0 Å². The normalized spacial score (nSPS) is 12.2. The van der Waals surface area contributed by atoms with E-state index in [1.165, 1.54) is 29.5 Å². The van der Waals surface area contributed by atoms with Gasteiger partial charge in [0.1, 0.15) is 12.4 Å². The highest BCUT2D eigenvalue weighted by molar-refractivity contribution is 5.81. The molecule has 146 valence electrons. The molecule has 0 atom stereocenters. The Morgan fingerprint density at radius 2 is 1.82 bits per heavy atom. The van der Waals surface area contributed by atoms with Crippen LogP contribution in [0, 0.1) is 0 Å². The highest BCUT2D eigenvalue weighted by Crippen LogP contribution is 2.40. The van der Waals surface area contributed by atoms with Crippen LogP contribution in [0.2, 0.25) is 0 Å². The molecule has 1 aliphatic rings. The topological polar surface area (TPSA) is 41.1 Å². The standard InChI is InChI=1S/C24H29N3O/c1-3-12-27(13-4-2)14-15-28-20-10-7-9-19(16-20)23-22-17-18-8-5-6-11-21(18)24(22)26-25-23/h5-11,16H,3-4,12-15,17H2,1-2H3,(H,25,26). The molecule has 1 aliphatic carbocycles. The molecule has 4 rings (SSSR count).